The van der Waals surface area contributed by atoms with Gasteiger partial charge >= 0.3 is 0 Å². The lowest BCUT2D eigenvalue weighted by molar-refractivity contribution is -0.927. The van der Waals surface area contributed by atoms with Crippen LogP contribution in [0.25, 0.3) is 0 Å². The zero-order valence-electron chi connectivity index (χ0n) is 17.0. The lowest BCUT2D eigenvalue weighted by Gasteiger charge is -2.70. The molecule has 12 atom stereocenters. The highest BCUT2D eigenvalue weighted by Crippen LogP contribution is 2.84. The monoisotopic (exact) mass is 393 g/mol. The molecule has 7 bridgehead atoms. The predicted molar refractivity (Wildman–Crippen MR) is 102 cm³/mol. The molecule has 158 valence electrons. The van der Waals surface area contributed by atoms with Crippen molar-refractivity contribution in [1.82, 2.24) is 0 Å². The van der Waals surface area contributed by atoms with Crippen LogP contribution in [0.3, 0.4) is 0 Å². The highest BCUT2D eigenvalue weighted by Gasteiger charge is 2.88. The van der Waals surface area contributed by atoms with Crippen LogP contribution in [0.5, 0.6) is 0 Å². The van der Waals surface area contributed by atoms with Crippen LogP contribution in [0.1, 0.15) is 52.4 Å². The number of likely N-dealkylation sites (tertiary alicyclic amines) is 1. The fourth-order valence-electron chi connectivity index (χ4n) is 10.7. The molecular formula is C22H35NO5. The van der Waals surface area contributed by atoms with Crippen LogP contribution in [0.4, 0.5) is 0 Å². The van der Waals surface area contributed by atoms with E-state index in [1.54, 1.807) is 0 Å². The minimum absolute atomic E-state index is 0.0313. The molecule has 6 saturated carbocycles. The maximum Gasteiger partial charge on any atom is 0.117 e. The third-order valence-corrected chi connectivity index (χ3v) is 11.4. The molecule has 0 aromatic carbocycles. The van der Waals surface area contributed by atoms with Gasteiger partial charge in [-0.25, -0.2) is 0 Å². The molecule has 0 aromatic rings. The van der Waals surface area contributed by atoms with Crippen molar-refractivity contribution in [2.24, 2.45) is 39.9 Å². The van der Waals surface area contributed by atoms with Crippen LogP contribution in [-0.4, -0.2) is 68.6 Å². The summed E-state index contributed by atoms with van der Waals surface area (Å²) in [4.78, 5) is 0. The van der Waals surface area contributed by atoms with E-state index in [1.165, 1.54) is 0 Å². The van der Waals surface area contributed by atoms with Gasteiger partial charge in [0, 0.05) is 16.7 Å². The maximum atomic E-state index is 14.3. The molecule has 4 N–H and O–H groups in total. The third kappa shape index (κ3) is 1.53. The van der Waals surface area contributed by atoms with Gasteiger partial charge in [0.25, 0.3) is 0 Å². The molecule has 1 heterocycles. The van der Waals surface area contributed by atoms with Crippen molar-refractivity contribution < 1.29 is 25.1 Å². The second kappa shape index (κ2) is 4.97. The van der Waals surface area contributed by atoms with Gasteiger partial charge in [0.2, 0.25) is 0 Å². The number of fused-ring (bicyclic) bond motifs is 2. The molecule has 1 saturated heterocycles. The summed E-state index contributed by atoms with van der Waals surface area (Å²) in [5.41, 5.74) is -2.46. The standard InChI is InChI=1S/C22H35NO5/c1-3-23(28)10-19(2)6-5-16(25)22-14(19)9-13(17(22)23)20-7-4-12(8-15(20)22)21(27,11-24)18(20)26/h12-18,24-27H,3-11H2,1-2H3/t12-,13?,14+,15+,16-,17?,18-,19-,20-,21-,22?,23-/m0/s1. The molecule has 6 nitrogen and oxygen atoms in total. The summed E-state index contributed by atoms with van der Waals surface area (Å²) in [7, 11) is 0. The zero-order valence-corrected chi connectivity index (χ0v) is 17.0. The van der Waals surface area contributed by atoms with Gasteiger partial charge in [-0.05, 0) is 63.2 Å². The van der Waals surface area contributed by atoms with Gasteiger partial charge in [-0.3, -0.25) is 0 Å². The van der Waals surface area contributed by atoms with E-state index in [0.717, 1.165) is 38.5 Å². The van der Waals surface area contributed by atoms with Gasteiger partial charge < -0.3 is 30.3 Å². The first-order valence-corrected chi connectivity index (χ1v) is 11.4. The van der Waals surface area contributed by atoms with Crippen LogP contribution < -0.4 is 0 Å². The Labute approximate surface area is 166 Å². The molecule has 7 fully saturated rings. The van der Waals surface area contributed by atoms with Crippen molar-refractivity contribution >= 4 is 0 Å². The summed E-state index contributed by atoms with van der Waals surface area (Å²) >= 11 is 0. The molecule has 7 aliphatic rings. The van der Waals surface area contributed by atoms with E-state index in [9.17, 15) is 25.6 Å². The Balaban J connectivity index is 1.60. The number of quaternary nitrogens is 1. The Morgan fingerprint density at radius 2 is 1.86 bits per heavy atom. The molecular weight excluding hydrogens is 358 g/mol. The smallest absolute Gasteiger partial charge is 0.117 e. The number of hydroxylamine groups is 3. The molecule has 2 spiro atoms. The Bertz CT molecular complexity index is 734. The molecule has 6 heteroatoms. The summed E-state index contributed by atoms with van der Waals surface area (Å²) in [5.74, 6) is 0.311. The molecule has 6 aliphatic carbocycles. The number of aliphatic hydroxyl groups is 4. The number of nitrogens with zero attached hydrogens (tertiary/aromatic N) is 1. The van der Waals surface area contributed by atoms with Crippen molar-refractivity contribution in [3.05, 3.63) is 5.21 Å². The van der Waals surface area contributed by atoms with Crippen LogP contribution in [-0.2, 0) is 0 Å². The quantitative estimate of drug-likeness (QED) is 0.414. The second-order valence-corrected chi connectivity index (χ2v) is 11.7. The summed E-state index contributed by atoms with van der Waals surface area (Å²) in [6.45, 7) is 4.96. The first kappa shape index (κ1) is 18.5. The highest BCUT2D eigenvalue weighted by atomic mass is 16.5. The normalized spacial score (nSPS) is 68.9. The fourth-order valence-corrected chi connectivity index (χ4v) is 10.7. The van der Waals surface area contributed by atoms with Gasteiger partial charge in [0.15, 0.2) is 0 Å². The molecule has 3 unspecified atom stereocenters. The minimum atomic E-state index is -1.46. The van der Waals surface area contributed by atoms with Gasteiger partial charge in [-0.1, -0.05) is 6.92 Å². The Hall–Kier alpha value is -0.240. The second-order valence-electron chi connectivity index (χ2n) is 11.7. The number of piperidine rings is 1. The number of rotatable bonds is 2. The van der Waals surface area contributed by atoms with Crippen LogP contribution in [0, 0.1) is 45.1 Å². The third-order valence-electron chi connectivity index (χ3n) is 11.4. The molecule has 0 aromatic heterocycles. The number of hydrogen-bond donors (Lipinski definition) is 4. The summed E-state index contributed by atoms with van der Waals surface area (Å²) in [6, 6.07) is -0.176. The summed E-state index contributed by atoms with van der Waals surface area (Å²) in [6.07, 6.45) is 3.40. The zero-order chi connectivity index (χ0) is 19.9. The average molecular weight is 394 g/mol. The van der Waals surface area contributed by atoms with E-state index in [1.807, 2.05) is 6.92 Å². The summed E-state index contributed by atoms with van der Waals surface area (Å²) < 4.78 is -0.248. The van der Waals surface area contributed by atoms with Crippen LogP contribution in [0.15, 0.2) is 0 Å². The van der Waals surface area contributed by atoms with Crippen LogP contribution in [0.2, 0.25) is 0 Å². The molecule has 7 rings (SSSR count). The highest BCUT2D eigenvalue weighted by molar-refractivity contribution is 5.33. The molecule has 28 heavy (non-hydrogen) atoms. The Morgan fingerprint density at radius 3 is 2.54 bits per heavy atom. The van der Waals surface area contributed by atoms with Crippen molar-refractivity contribution in [2.45, 2.75) is 76.2 Å². The lowest BCUT2D eigenvalue weighted by Crippen LogP contribution is -2.75. The van der Waals surface area contributed by atoms with Gasteiger partial charge in [-0.15, -0.1) is 0 Å². The van der Waals surface area contributed by atoms with E-state index in [-0.39, 0.29) is 33.9 Å². The SMILES string of the molecule is CC[N@+]1([O-])C[C@]2(C)CC[C@H](O)C34C1C(C[C@@H]32)[C@@]12CC[C@@H](C[C@@H]41)[C@@](O)(CO)[C@H]2O. The van der Waals surface area contributed by atoms with E-state index in [4.69, 9.17) is 0 Å². The number of aliphatic hydroxyl groups excluding tert-OH is 3. The largest absolute Gasteiger partial charge is 0.633 e. The number of hydrogen-bond acceptors (Lipinski definition) is 5. The Morgan fingerprint density at radius 1 is 1.11 bits per heavy atom. The average Bonchev–Trinajstić information content (AvgIpc) is 3.16. The van der Waals surface area contributed by atoms with E-state index >= 15 is 0 Å². The summed E-state index contributed by atoms with van der Waals surface area (Å²) in [5, 5.41) is 58.5. The predicted octanol–water partition coefficient (Wildman–Crippen LogP) is 1.00. The van der Waals surface area contributed by atoms with Gasteiger partial charge in [-0.2, -0.15) is 0 Å². The van der Waals surface area contributed by atoms with Gasteiger partial charge in [0.1, 0.15) is 11.6 Å². The van der Waals surface area contributed by atoms with Crippen molar-refractivity contribution in [3.8, 4) is 0 Å². The fraction of sp³-hybridized carbons (Fsp3) is 1.00. The molecule has 1 aliphatic heterocycles. The van der Waals surface area contributed by atoms with Crippen LogP contribution >= 0.6 is 0 Å². The topological polar surface area (TPSA) is 104 Å². The molecule has 0 radical (unpaired) electrons. The van der Waals surface area contributed by atoms with Crippen molar-refractivity contribution in [2.75, 3.05) is 19.7 Å². The van der Waals surface area contributed by atoms with E-state index < -0.39 is 35.2 Å². The first-order chi connectivity index (χ1) is 13.1. The molecule has 0 amide bonds. The van der Waals surface area contributed by atoms with Gasteiger partial charge in [0.05, 0.1) is 37.3 Å². The maximum absolute atomic E-state index is 14.3. The Kier molecular flexibility index (Phi) is 3.29. The lowest BCUT2D eigenvalue weighted by atomic mass is 9.38. The van der Waals surface area contributed by atoms with Crippen molar-refractivity contribution in [3.63, 3.8) is 0 Å². The van der Waals surface area contributed by atoms with Crippen molar-refractivity contribution in [1.29, 1.82) is 0 Å². The van der Waals surface area contributed by atoms with E-state index in [0.29, 0.717) is 19.0 Å². The first-order valence-electron chi connectivity index (χ1n) is 11.4. The van der Waals surface area contributed by atoms with E-state index in [2.05, 4.69) is 6.92 Å². The minimum Gasteiger partial charge on any atom is -0.633 e.